The largest absolute Gasteiger partial charge is 0.345 e. The molecule has 0 aliphatic heterocycles. The van der Waals surface area contributed by atoms with E-state index in [1.807, 2.05) is 42.5 Å². The highest BCUT2D eigenvalue weighted by atomic mass is 16.1. The average Bonchev–Trinajstić information content (AvgIpc) is 2.53. The van der Waals surface area contributed by atoms with Gasteiger partial charge in [0.25, 0.3) is 5.91 Å². The molecule has 20 heavy (non-hydrogen) atoms. The van der Waals surface area contributed by atoms with Gasteiger partial charge in [-0.15, -0.1) is 0 Å². The zero-order valence-electron chi connectivity index (χ0n) is 12.1. The van der Waals surface area contributed by atoms with E-state index in [0.717, 1.165) is 12.8 Å². The SMILES string of the molecule is CCc1ccccc1[C@H](CC)NC(=O)c1ccccc1. The first kappa shape index (κ1) is 14.3. The quantitative estimate of drug-likeness (QED) is 0.867. The Hall–Kier alpha value is -2.09. The topological polar surface area (TPSA) is 29.1 Å². The van der Waals surface area contributed by atoms with Gasteiger partial charge in [-0.2, -0.15) is 0 Å². The molecule has 2 heteroatoms. The van der Waals surface area contributed by atoms with Gasteiger partial charge in [0.15, 0.2) is 0 Å². The normalized spacial score (nSPS) is 11.9. The van der Waals surface area contributed by atoms with E-state index in [0.29, 0.717) is 5.56 Å². The third-order valence-corrected chi connectivity index (χ3v) is 3.56. The minimum atomic E-state index is -0.0108. The van der Waals surface area contributed by atoms with E-state index >= 15 is 0 Å². The van der Waals surface area contributed by atoms with E-state index in [4.69, 9.17) is 0 Å². The Morgan fingerprint density at radius 1 is 1.00 bits per heavy atom. The Morgan fingerprint density at radius 2 is 1.65 bits per heavy atom. The van der Waals surface area contributed by atoms with Gasteiger partial charge >= 0.3 is 0 Å². The number of carbonyl (C=O) groups is 1. The van der Waals surface area contributed by atoms with Crippen molar-refractivity contribution in [3.8, 4) is 0 Å². The molecule has 0 aliphatic rings. The van der Waals surface area contributed by atoms with Gasteiger partial charge < -0.3 is 5.32 Å². The van der Waals surface area contributed by atoms with Crippen molar-refractivity contribution in [2.24, 2.45) is 0 Å². The third-order valence-electron chi connectivity index (χ3n) is 3.56. The maximum Gasteiger partial charge on any atom is 0.251 e. The number of hydrogen-bond donors (Lipinski definition) is 1. The average molecular weight is 267 g/mol. The van der Waals surface area contributed by atoms with Gasteiger partial charge in [0.05, 0.1) is 6.04 Å². The van der Waals surface area contributed by atoms with E-state index < -0.39 is 0 Å². The molecule has 0 heterocycles. The minimum Gasteiger partial charge on any atom is -0.345 e. The van der Waals surface area contributed by atoms with Crippen molar-refractivity contribution in [2.75, 3.05) is 0 Å². The van der Waals surface area contributed by atoms with Crippen LogP contribution in [0.3, 0.4) is 0 Å². The number of nitrogens with one attached hydrogen (secondary N) is 1. The molecular formula is C18H21NO. The smallest absolute Gasteiger partial charge is 0.251 e. The Kier molecular flexibility index (Phi) is 4.94. The van der Waals surface area contributed by atoms with Gasteiger partial charge in [-0.3, -0.25) is 4.79 Å². The zero-order chi connectivity index (χ0) is 14.4. The molecule has 0 saturated carbocycles. The molecule has 2 aromatic carbocycles. The predicted molar refractivity (Wildman–Crippen MR) is 82.8 cm³/mol. The Labute approximate surface area is 120 Å². The van der Waals surface area contributed by atoms with E-state index in [2.05, 4.69) is 31.3 Å². The fraction of sp³-hybridized carbons (Fsp3) is 0.278. The van der Waals surface area contributed by atoms with Crippen LogP contribution < -0.4 is 5.32 Å². The lowest BCUT2D eigenvalue weighted by atomic mass is 9.96. The molecule has 2 aromatic rings. The van der Waals surface area contributed by atoms with Gasteiger partial charge in [-0.25, -0.2) is 0 Å². The second-order valence-corrected chi connectivity index (χ2v) is 4.85. The van der Waals surface area contributed by atoms with Crippen molar-refractivity contribution in [3.63, 3.8) is 0 Å². The van der Waals surface area contributed by atoms with Crippen molar-refractivity contribution in [3.05, 3.63) is 71.3 Å². The van der Waals surface area contributed by atoms with Crippen molar-refractivity contribution in [1.82, 2.24) is 5.32 Å². The molecule has 104 valence electrons. The first-order valence-electron chi connectivity index (χ1n) is 7.20. The summed E-state index contributed by atoms with van der Waals surface area (Å²) in [6.07, 6.45) is 1.86. The predicted octanol–water partition coefficient (Wildman–Crippen LogP) is 4.13. The van der Waals surface area contributed by atoms with Crippen LogP contribution in [0, 0.1) is 0 Å². The number of aryl methyl sites for hydroxylation is 1. The maximum atomic E-state index is 12.3. The summed E-state index contributed by atoms with van der Waals surface area (Å²) in [7, 11) is 0. The second-order valence-electron chi connectivity index (χ2n) is 4.85. The minimum absolute atomic E-state index is 0.0108. The molecule has 1 amide bonds. The Balaban J connectivity index is 2.19. The summed E-state index contributed by atoms with van der Waals surface area (Å²) in [5, 5.41) is 3.14. The molecule has 2 rings (SSSR count). The van der Waals surface area contributed by atoms with Crippen molar-refractivity contribution < 1.29 is 4.79 Å². The highest BCUT2D eigenvalue weighted by Crippen LogP contribution is 2.22. The van der Waals surface area contributed by atoms with Crippen LogP contribution in [0.15, 0.2) is 54.6 Å². The lowest BCUT2D eigenvalue weighted by Crippen LogP contribution is -2.28. The van der Waals surface area contributed by atoms with Gasteiger partial charge in [-0.05, 0) is 36.1 Å². The molecule has 0 aliphatic carbocycles. The molecule has 1 N–H and O–H groups in total. The van der Waals surface area contributed by atoms with E-state index in [1.165, 1.54) is 11.1 Å². The fourth-order valence-electron chi connectivity index (χ4n) is 2.43. The number of benzene rings is 2. The number of rotatable bonds is 5. The summed E-state index contributed by atoms with van der Waals surface area (Å²) in [4.78, 5) is 12.3. The molecule has 2 nitrogen and oxygen atoms in total. The summed E-state index contributed by atoms with van der Waals surface area (Å²) in [5.74, 6) is -0.0108. The fourth-order valence-corrected chi connectivity index (χ4v) is 2.43. The van der Waals surface area contributed by atoms with Crippen LogP contribution in [0.25, 0.3) is 0 Å². The first-order valence-corrected chi connectivity index (χ1v) is 7.20. The van der Waals surface area contributed by atoms with Gasteiger partial charge in [0, 0.05) is 5.56 Å². The first-order chi connectivity index (χ1) is 9.76. The molecule has 0 aromatic heterocycles. The number of hydrogen-bond acceptors (Lipinski definition) is 1. The van der Waals surface area contributed by atoms with Crippen LogP contribution in [0.5, 0.6) is 0 Å². The summed E-state index contributed by atoms with van der Waals surface area (Å²) in [5.41, 5.74) is 3.23. The zero-order valence-corrected chi connectivity index (χ0v) is 12.1. The summed E-state index contributed by atoms with van der Waals surface area (Å²) in [6, 6.07) is 17.8. The molecule has 0 bridgehead atoms. The van der Waals surface area contributed by atoms with Crippen molar-refractivity contribution in [2.45, 2.75) is 32.7 Å². The van der Waals surface area contributed by atoms with Crippen LogP contribution >= 0.6 is 0 Å². The molecular weight excluding hydrogens is 246 g/mol. The summed E-state index contributed by atoms with van der Waals surface area (Å²) >= 11 is 0. The van der Waals surface area contributed by atoms with Crippen LogP contribution in [0.2, 0.25) is 0 Å². The van der Waals surface area contributed by atoms with Gasteiger partial charge in [-0.1, -0.05) is 56.3 Å². The van der Waals surface area contributed by atoms with E-state index in [1.54, 1.807) is 0 Å². The van der Waals surface area contributed by atoms with Crippen LogP contribution in [0.1, 0.15) is 47.8 Å². The maximum absolute atomic E-state index is 12.3. The summed E-state index contributed by atoms with van der Waals surface area (Å²) in [6.45, 7) is 4.24. The molecule has 0 saturated heterocycles. The molecule has 1 atom stereocenters. The highest BCUT2D eigenvalue weighted by molar-refractivity contribution is 5.94. The standard InChI is InChI=1S/C18H21NO/c1-3-14-10-8-9-13-16(14)17(4-2)19-18(20)15-11-6-5-7-12-15/h5-13,17H,3-4H2,1-2H3,(H,19,20)/t17-/m0/s1. The second kappa shape index (κ2) is 6.90. The highest BCUT2D eigenvalue weighted by Gasteiger charge is 2.15. The number of amides is 1. The lowest BCUT2D eigenvalue weighted by Gasteiger charge is -2.20. The molecule has 0 unspecified atom stereocenters. The molecule has 0 spiro atoms. The van der Waals surface area contributed by atoms with Crippen LogP contribution in [-0.2, 0) is 6.42 Å². The Morgan fingerprint density at radius 3 is 2.30 bits per heavy atom. The van der Waals surface area contributed by atoms with Crippen LogP contribution in [-0.4, -0.2) is 5.91 Å². The van der Waals surface area contributed by atoms with Crippen molar-refractivity contribution >= 4 is 5.91 Å². The van der Waals surface area contributed by atoms with Gasteiger partial charge in [0.2, 0.25) is 0 Å². The molecule has 0 radical (unpaired) electrons. The monoisotopic (exact) mass is 267 g/mol. The molecule has 0 fully saturated rings. The lowest BCUT2D eigenvalue weighted by molar-refractivity contribution is 0.0935. The third kappa shape index (κ3) is 3.27. The van der Waals surface area contributed by atoms with Crippen molar-refractivity contribution in [1.29, 1.82) is 0 Å². The number of carbonyl (C=O) groups excluding carboxylic acids is 1. The van der Waals surface area contributed by atoms with Gasteiger partial charge in [0.1, 0.15) is 0 Å². The van der Waals surface area contributed by atoms with Crippen LogP contribution in [0.4, 0.5) is 0 Å². The van der Waals surface area contributed by atoms with E-state index in [-0.39, 0.29) is 11.9 Å². The van der Waals surface area contributed by atoms with E-state index in [9.17, 15) is 4.79 Å². The summed E-state index contributed by atoms with van der Waals surface area (Å²) < 4.78 is 0. The Bertz CT molecular complexity index is 563.